The third kappa shape index (κ3) is 3.13. The molecule has 0 spiro atoms. The van der Waals surface area contributed by atoms with Crippen LogP contribution in [0.4, 0.5) is 15.8 Å². The molecule has 2 heterocycles. The Balaban J connectivity index is 1.68. The summed E-state index contributed by atoms with van der Waals surface area (Å²) in [7, 11) is 1.69. The van der Waals surface area contributed by atoms with Gasteiger partial charge in [-0.25, -0.2) is 9.37 Å². The lowest BCUT2D eigenvalue weighted by atomic mass is 9.98. The molecule has 1 aromatic heterocycles. The number of imidazole rings is 1. The Morgan fingerprint density at radius 2 is 2.04 bits per heavy atom. The van der Waals surface area contributed by atoms with Crippen LogP contribution < -0.4 is 4.90 Å². The zero-order valence-corrected chi connectivity index (χ0v) is 15.1. The van der Waals surface area contributed by atoms with Gasteiger partial charge in [-0.3, -0.25) is 14.9 Å². The van der Waals surface area contributed by atoms with Gasteiger partial charge in [0.1, 0.15) is 11.5 Å². The summed E-state index contributed by atoms with van der Waals surface area (Å²) in [6, 6.07) is 9.09. The van der Waals surface area contributed by atoms with Gasteiger partial charge in [-0.2, -0.15) is 0 Å². The van der Waals surface area contributed by atoms with E-state index in [0.29, 0.717) is 25.2 Å². The molecule has 4 rings (SSSR count). The van der Waals surface area contributed by atoms with E-state index in [1.54, 1.807) is 36.0 Å². The number of carbonyl (C=O) groups is 1. The van der Waals surface area contributed by atoms with Crippen LogP contribution in [0.5, 0.6) is 0 Å². The van der Waals surface area contributed by atoms with Crippen molar-refractivity contribution >= 4 is 17.2 Å². The van der Waals surface area contributed by atoms with Crippen molar-refractivity contribution in [2.45, 2.75) is 13.0 Å². The Hall–Kier alpha value is -3.55. The molecule has 0 radical (unpaired) electrons. The van der Waals surface area contributed by atoms with Crippen LogP contribution in [0, 0.1) is 15.9 Å². The summed E-state index contributed by atoms with van der Waals surface area (Å²) in [5.74, 6) is -0.437. The molecule has 0 N–H and O–H groups in total. The first-order valence-electron chi connectivity index (χ1n) is 8.77. The van der Waals surface area contributed by atoms with Crippen molar-refractivity contribution in [3.63, 3.8) is 0 Å². The highest BCUT2D eigenvalue weighted by molar-refractivity contribution is 6.07. The van der Waals surface area contributed by atoms with Crippen LogP contribution in [0.15, 0.2) is 48.8 Å². The maximum absolute atomic E-state index is 13.4. The monoisotopic (exact) mass is 380 g/mol. The van der Waals surface area contributed by atoms with Gasteiger partial charge in [0, 0.05) is 44.2 Å². The molecule has 0 saturated carbocycles. The van der Waals surface area contributed by atoms with Crippen LogP contribution in [0.25, 0.3) is 0 Å². The van der Waals surface area contributed by atoms with Crippen LogP contribution in [0.2, 0.25) is 0 Å². The van der Waals surface area contributed by atoms with E-state index in [4.69, 9.17) is 0 Å². The summed E-state index contributed by atoms with van der Waals surface area (Å²) in [5.41, 5.74) is 2.38. The topological polar surface area (TPSA) is 81.3 Å². The molecule has 0 bridgehead atoms. The van der Waals surface area contributed by atoms with Crippen LogP contribution in [0.1, 0.15) is 27.3 Å². The lowest BCUT2D eigenvalue weighted by Gasteiger charge is -2.30. The summed E-state index contributed by atoms with van der Waals surface area (Å²) in [5, 5.41) is 11.7. The van der Waals surface area contributed by atoms with E-state index in [1.807, 2.05) is 4.90 Å². The SMILES string of the molecule is Cn1ccnc1C(=O)c1ccc(N2CCc3cc(F)ccc3C2)c([N+](=O)[O-])c1. The van der Waals surface area contributed by atoms with Crippen LogP contribution in [0.3, 0.4) is 0 Å². The van der Waals surface area contributed by atoms with Gasteiger partial charge in [0.05, 0.1) is 4.92 Å². The normalized spacial score (nSPS) is 13.3. The number of hydrogen-bond acceptors (Lipinski definition) is 5. The molecule has 7 nitrogen and oxygen atoms in total. The Labute approximate surface area is 160 Å². The molecular formula is C20H17FN4O3. The largest absolute Gasteiger partial charge is 0.361 e. The fraction of sp³-hybridized carbons (Fsp3) is 0.200. The summed E-state index contributed by atoms with van der Waals surface area (Å²) >= 11 is 0. The molecule has 8 heteroatoms. The van der Waals surface area contributed by atoms with Crippen molar-refractivity contribution in [2.24, 2.45) is 7.05 Å². The zero-order chi connectivity index (χ0) is 19.8. The molecule has 0 atom stereocenters. The first kappa shape index (κ1) is 17.8. The lowest BCUT2D eigenvalue weighted by Crippen LogP contribution is -2.31. The first-order chi connectivity index (χ1) is 13.4. The van der Waals surface area contributed by atoms with Gasteiger partial charge < -0.3 is 9.47 Å². The third-order valence-electron chi connectivity index (χ3n) is 4.98. The number of anilines is 1. The first-order valence-corrected chi connectivity index (χ1v) is 8.77. The van der Waals surface area contributed by atoms with Crippen molar-refractivity contribution in [1.82, 2.24) is 9.55 Å². The minimum Gasteiger partial charge on any atom is -0.361 e. The number of nitro groups is 1. The highest BCUT2D eigenvalue weighted by Crippen LogP contribution is 2.33. The summed E-state index contributed by atoms with van der Waals surface area (Å²) in [6.07, 6.45) is 3.74. The molecule has 2 aromatic carbocycles. The van der Waals surface area contributed by atoms with Crippen LogP contribution in [-0.2, 0) is 20.0 Å². The second-order valence-corrected chi connectivity index (χ2v) is 6.74. The number of hydrogen-bond donors (Lipinski definition) is 0. The van der Waals surface area contributed by atoms with E-state index in [9.17, 15) is 19.3 Å². The van der Waals surface area contributed by atoms with Gasteiger partial charge in [0.2, 0.25) is 5.78 Å². The Morgan fingerprint density at radius 1 is 1.21 bits per heavy atom. The number of halogens is 1. The molecule has 28 heavy (non-hydrogen) atoms. The van der Waals surface area contributed by atoms with Gasteiger partial charge in [0.25, 0.3) is 5.69 Å². The van der Waals surface area contributed by atoms with Gasteiger partial charge in [-0.15, -0.1) is 0 Å². The average molecular weight is 380 g/mol. The van der Waals surface area contributed by atoms with Crippen molar-refractivity contribution < 1.29 is 14.1 Å². The highest BCUT2D eigenvalue weighted by atomic mass is 19.1. The van der Waals surface area contributed by atoms with Crippen LogP contribution in [-0.4, -0.2) is 26.8 Å². The maximum atomic E-state index is 13.4. The number of benzene rings is 2. The van der Waals surface area contributed by atoms with Crippen molar-refractivity contribution in [3.8, 4) is 0 Å². The molecule has 142 valence electrons. The van der Waals surface area contributed by atoms with Crippen molar-refractivity contribution in [2.75, 3.05) is 11.4 Å². The molecule has 1 aliphatic heterocycles. The maximum Gasteiger partial charge on any atom is 0.293 e. The second kappa shape index (κ2) is 6.88. The summed E-state index contributed by atoms with van der Waals surface area (Å²) < 4.78 is 15.0. The molecule has 0 aliphatic carbocycles. The number of rotatable bonds is 4. The van der Waals surface area contributed by atoms with E-state index in [0.717, 1.165) is 11.1 Å². The molecule has 0 amide bonds. The number of aromatic nitrogens is 2. The quantitative estimate of drug-likeness (QED) is 0.394. The molecule has 0 unspecified atom stereocenters. The Bertz CT molecular complexity index is 1090. The van der Waals surface area contributed by atoms with Crippen molar-refractivity contribution in [1.29, 1.82) is 0 Å². The van der Waals surface area contributed by atoms with Gasteiger partial charge in [-0.1, -0.05) is 6.07 Å². The van der Waals surface area contributed by atoms with E-state index in [2.05, 4.69) is 4.98 Å². The fourth-order valence-electron chi connectivity index (χ4n) is 3.52. The predicted molar refractivity (Wildman–Crippen MR) is 101 cm³/mol. The minimum absolute atomic E-state index is 0.134. The van der Waals surface area contributed by atoms with Crippen molar-refractivity contribution in [3.05, 3.63) is 87.2 Å². The van der Waals surface area contributed by atoms with Crippen LogP contribution >= 0.6 is 0 Å². The molecule has 0 fully saturated rings. The predicted octanol–water partition coefficient (Wildman–Crippen LogP) is 3.26. The number of nitro benzene ring substituents is 1. The number of carbonyl (C=O) groups excluding carboxylic acids is 1. The highest BCUT2D eigenvalue weighted by Gasteiger charge is 2.26. The van der Waals surface area contributed by atoms with E-state index in [-0.39, 0.29) is 28.7 Å². The Morgan fingerprint density at radius 3 is 2.75 bits per heavy atom. The van der Waals surface area contributed by atoms with Gasteiger partial charge >= 0.3 is 0 Å². The zero-order valence-electron chi connectivity index (χ0n) is 15.1. The van der Waals surface area contributed by atoms with E-state index >= 15 is 0 Å². The van der Waals surface area contributed by atoms with E-state index < -0.39 is 4.92 Å². The van der Waals surface area contributed by atoms with Gasteiger partial charge in [-0.05, 0) is 41.8 Å². The number of nitrogens with zero attached hydrogens (tertiary/aromatic N) is 4. The number of aryl methyl sites for hydroxylation is 1. The third-order valence-corrected chi connectivity index (χ3v) is 4.98. The summed E-state index contributed by atoms with van der Waals surface area (Å²) in [4.78, 5) is 29.7. The molecule has 0 saturated heterocycles. The smallest absolute Gasteiger partial charge is 0.293 e. The fourth-order valence-corrected chi connectivity index (χ4v) is 3.52. The summed E-state index contributed by atoms with van der Waals surface area (Å²) in [6.45, 7) is 0.979. The molecular weight excluding hydrogens is 363 g/mol. The average Bonchev–Trinajstić information content (AvgIpc) is 3.12. The molecule has 1 aliphatic rings. The van der Waals surface area contributed by atoms with Gasteiger partial charge in [0.15, 0.2) is 5.82 Å². The standard InChI is InChI=1S/C20H17FN4O3/c1-23-9-7-22-20(23)19(26)14-3-5-17(18(11-14)25(27)28)24-8-6-13-10-16(21)4-2-15(13)12-24/h2-5,7,9-11H,6,8,12H2,1H3. The number of fused-ring (bicyclic) bond motifs is 1. The minimum atomic E-state index is -0.481. The molecule has 3 aromatic rings. The van der Waals surface area contributed by atoms with E-state index in [1.165, 1.54) is 24.4 Å². The second-order valence-electron chi connectivity index (χ2n) is 6.74. The Kier molecular flexibility index (Phi) is 4.38. The number of ketones is 1. The lowest BCUT2D eigenvalue weighted by molar-refractivity contribution is -0.384.